The van der Waals surface area contributed by atoms with Crippen molar-refractivity contribution in [3.63, 3.8) is 0 Å². The van der Waals surface area contributed by atoms with E-state index in [1.165, 1.54) is 11.3 Å². The summed E-state index contributed by atoms with van der Waals surface area (Å²) >= 11 is 1.42. The molecule has 2 aromatic heterocycles. The van der Waals surface area contributed by atoms with Gasteiger partial charge in [0.15, 0.2) is 10.8 Å². The van der Waals surface area contributed by atoms with Gasteiger partial charge < -0.3 is 10.5 Å². The molecular weight excluding hydrogens is 174 g/mol. The number of thiazole rings is 1. The van der Waals surface area contributed by atoms with E-state index in [9.17, 15) is 0 Å². The lowest BCUT2D eigenvalue weighted by Crippen LogP contribution is -1.87. The number of anilines is 1. The number of aromatic nitrogens is 2. The summed E-state index contributed by atoms with van der Waals surface area (Å²) in [6, 6.07) is 3.69. The van der Waals surface area contributed by atoms with Crippen LogP contribution in [0.5, 0.6) is 5.88 Å². The van der Waals surface area contributed by atoms with Gasteiger partial charge >= 0.3 is 0 Å². The van der Waals surface area contributed by atoms with Crippen molar-refractivity contribution in [1.29, 1.82) is 0 Å². The van der Waals surface area contributed by atoms with Crippen molar-refractivity contribution in [1.82, 2.24) is 9.97 Å². The smallest absolute Gasteiger partial charge is 0.215 e. The van der Waals surface area contributed by atoms with Crippen LogP contribution < -0.4 is 10.5 Å². The van der Waals surface area contributed by atoms with Crippen LogP contribution in [0.4, 0.5) is 5.13 Å². The third-order valence-electron chi connectivity index (χ3n) is 1.45. The van der Waals surface area contributed by atoms with Gasteiger partial charge in [-0.05, 0) is 6.07 Å². The summed E-state index contributed by atoms with van der Waals surface area (Å²) in [6.07, 6.45) is 0. The number of fused-ring (bicyclic) bond motifs is 1. The average molecular weight is 181 g/mol. The van der Waals surface area contributed by atoms with E-state index in [1.807, 2.05) is 6.07 Å². The molecule has 2 aromatic rings. The lowest BCUT2D eigenvalue weighted by Gasteiger charge is -1.94. The highest BCUT2D eigenvalue weighted by atomic mass is 32.1. The molecule has 0 saturated carbocycles. The fraction of sp³-hybridized carbons (Fsp3) is 0.143. The van der Waals surface area contributed by atoms with E-state index in [4.69, 9.17) is 10.5 Å². The van der Waals surface area contributed by atoms with Crippen molar-refractivity contribution < 1.29 is 4.74 Å². The van der Waals surface area contributed by atoms with Crippen molar-refractivity contribution in [2.24, 2.45) is 0 Å². The molecule has 0 aliphatic carbocycles. The minimum atomic E-state index is 0.533. The molecule has 0 unspecified atom stereocenters. The van der Waals surface area contributed by atoms with Crippen molar-refractivity contribution in [3.05, 3.63) is 12.1 Å². The SMILES string of the molecule is COc1ccc2sc(N)nc2n1. The number of nitrogens with zero attached hydrogens (tertiary/aromatic N) is 2. The third-order valence-corrected chi connectivity index (χ3v) is 2.29. The zero-order chi connectivity index (χ0) is 8.55. The standard InChI is InChI=1S/C7H7N3OS/c1-11-5-3-2-4-6(9-5)10-7(8)12-4/h2-3H,1H3,(H2,8,9,10). The highest BCUT2D eigenvalue weighted by Gasteiger charge is 2.02. The van der Waals surface area contributed by atoms with Crippen LogP contribution in [0.3, 0.4) is 0 Å². The normalized spacial score (nSPS) is 10.4. The van der Waals surface area contributed by atoms with Crippen LogP contribution in [-0.4, -0.2) is 17.1 Å². The zero-order valence-corrected chi connectivity index (χ0v) is 7.26. The summed E-state index contributed by atoms with van der Waals surface area (Å²) in [4.78, 5) is 8.14. The monoisotopic (exact) mass is 181 g/mol. The van der Waals surface area contributed by atoms with Crippen LogP contribution in [0.2, 0.25) is 0 Å². The Morgan fingerprint density at radius 3 is 3.00 bits per heavy atom. The first kappa shape index (κ1) is 7.30. The number of methoxy groups -OCH3 is 1. The maximum absolute atomic E-state index is 5.51. The number of hydrogen-bond donors (Lipinski definition) is 1. The predicted molar refractivity (Wildman–Crippen MR) is 48.4 cm³/mol. The third kappa shape index (κ3) is 1.08. The molecule has 0 spiro atoms. The highest BCUT2D eigenvalue weighted by Crippen LogP contribution is 2.23. The summed E-state index contributed by atoms with van der Waals surface area (Å²) < 4.78 is 5.92. The molecule has 4 nitrogen and oxygen atoms in total. The minimum Gasteiger partial charge on any atom is -0.481 e. The van der Waals surface area contributed by atoms with E-state index < -0.39 is 0 Å². The van der Waals surface area contributed by atoms with Crippen LogP contribution >= 0.6 is 11.3 Å². The van der Waals surface area contributed by atoms with Crippen molar-refractivity contribution >= 4 is 26.8 Å². The predicted octanol–water partition coefficient (Wildman–Crippen LogP) is 1.28. The molecule has 2 heterocycles. The van der Waals surface area contributed by atoms with E-state index in [0.29, 0.717) is 16.7 Å². The lowest BCUT2D eigenvalue weighted by atomic mass is 10.5. The molecule has 2 rings (SSSR count). The van der Waals surface area contributed by atoms with Gasteiger partial charge in [-0.15, -0.1) is 0 Å². The van der Waals surface area contributed by atoms with Crippen LogP contribution in [0, 0.1) is 0 Å². The largest absolute Gasteiger partial charge is 0.481 e. The zero-order valence-electron chi connectivity index (χ0n) is 6.44. The van der Waals surface area contributed by atoms with Gasteiger partial charge in [0.1, 0.15) is 0 Å². The molecule has 0 saturated heterocycles. The Morgan fingerprint density at radius 2 is 2.25 bits per heavy atom. The summed E-state index contributed by atoms with van der Waals surface area (Å²) in [6.45, 7) is 0. The van der Waals surface area contributed by atoms with Gasteiger partial charge in [-0.2, -0.15) is 4.98 Å². The topological polar surface area (TPSA) is 61.0 Å². The first-order valence-electron chi connectivity index (χ1n) is 3.36. The van der Waals surface area contributed by atoms with E-state index in [0.717, 1.165) is 4.70 Å². The summed E-state index contributed by atoms with van der Waals surface area (Å²) in [5.74, 6) is 0.563. The summed E-state index contributed by atoms with van der Waals surface area (Å²) in [7, 11) is 1.57. The molecule has 2 N–H and O–H groups in total. The second-order valence-electron chi connectivity index (χ2n) is 2.23. The Morgan fingerprint density at radius 1 is 1.42 bits per heavy atom. The lowest BCUT2D eigenvalue weighted by molar-refractivity contribution is 0.399. The minimum absolute atomic E-state index is 0.533. The molecule has 0 radical (unpaired) electrons. The van der Waals surface area contributed by atoms with E-state index >= 15 is 0 Å². The molecule has 5 heteroatoms. The molecule has 0 aliphatic rings. The molecule has 0 fully saturated rings. The Kier molecular flexibility index (Phi) is 1.58. The molecular formula is C7H7N3OS. The molecule has 0 aliphatic heterocycles. The van der Waals surface area contributed by atoms with Crippen LogP contribution in [0.25, 0.3) is 10.3 Å². The second-order valence-corrected chi connectivity index (χ2v) is 3.29. The van der Waals surface area contributed by atoms with Crippen molar-refractivity contribution in [3.8, 4) is 5.88 Å². The van der Waals surface area contributed by atoms with Gasteiger partial charge in [-0.25, -0.2) is 4.98 Å². The van der Waals surface area contributed by atoms with Gasteiger partial charge in [0.25, 0.3) is 0 Å². The Labute approximate surface area is 73.0 Å². The van der Waals surface area contributed by atoms with E-state index in [2.05, 4.69) is 9.97 Å². The Bertz CT molecular complexity index is 412. The summed E-state index contributed by atoms with van der Waals surface area (Å²) in [5.41, 5.74) is 6.16. The quantitative estimate of drug-likeness (QED) is 0.720. The maximum Gasteiger partial charge on any atom is 0.215 e. The number of nitrogen functional groups attached to an aromatic ring is 1. The number of pyridine rings is 1. The van der Waals surface area contributed by atoms with Gasteiger partial charge in [0.2, 0.25) is 5.88 Å². The van der Waals surface area contributed by atoms with Crippen molar-refractivity contribution in [2.75, 3.05) is 12.8 Å². The fourth-order valence-electron chi connectivity index (χ4n) is 0.932. The summed E-state index contributed by atoms with van der Waals surface area (Å²) in [5, 5.41) is 0.533. The Balaban J connectivity index is 2.66. The van der Waals surface area contributed by atoms with Crippen LogP contribution in [0.15, 0.2) is 12.1 Å². The first-order chi connectivity index (χ1) is 5.79. The molecule has 0 aromatic carbocycles. The molecule has 0 bridgehead atoms. The number of nitrogens with two attached hydrogens (primary N) is 1. The second kappa shape index (κ2) is 2.60. The van der Waals surface area contributed by atoms with Gasteiger partial charge in [-0.1, -0.05) is 11.3 Å². The first-order valence-corrected chi connectivity index (χ1v) is 4.18. The van der Waals surface area contributed by atoms with Crippen LogP contribution in [0.1, 0.15) is 0 Å². The van der Waals surface area contributed by atoms with Gasteiger partial charge in [0, 0.05) is 6.07 Å². The fourth-order valence-corrected chi connectivity index (χ4v) is 1.61. The van der Waals surface area contributed by atoms with Crippen molar-refractivity contribution in [2.45, 2.75) is 0 Å². The number of ether oxygens (including phenoxy) is 1. The molecule has 0 amide bonds. The molecule has 62 valence electrons. The number of rotatable bonds is 1. The Hall–Kier alpha value is -1.36. The highest BCUT2D eigenvalue weighted by molar-refractivity contribution is 7.21. The molecule has 0 atom stereocenters. The van der Waals surface area contributed by atoms with E-state index in [-0.39, 0.29) is 0 Å². The van der Waals surface area contributed by atoms with Gasteiger partial charge in [0.05, 0.1) is 11.8 Å². The molecule has 12 heavy (non-hydrogen) atoms. The van der Waals surface area contributed by atoms with Gasteiger partial charge in [-0.3, -0.25) is 0 Å². The maximum atomic E-state index is 5.51. The number of hydrogen-bond acceptors (Lipinski definition) is 5. The van der Waals surface area contributed by atoms with E-state index in [1.54, 1.807) is 13.2 Å². The van der Waals surface area contributed by atoms with Crippen LogP contribution in [-0.2, 0) is 0 Å². The average Bonchev–Trinajstić information content (AvgIpc) is 2.43.